The number of benzene rings is 2. The number of amides is 1. The van der Waals surface area contributed by atoms with E-state index in [-0.39, 0.29) is 17.1 Å². The fourth-order valence-electron chi connectivity index (χ4n) is 2.47. The van der Waals surface area contributed by atoms with Crippen LogP contribution in [-0.4, -0.2) is 20.6 Å². The van der Waals surface area contributed by atoms with Crippen molar-refractivity contribution < 1.29 is 9.72 Å². The molecule has 1 heterocycles. The van der Waals surface area contributed by atoms with Gasteiger partial charge in [0, 0.05) is 28.0 Å². The highest BCUT2D eigenvalue weighted by Gasteiger charge is 2.20. The van der Waals surface area contributed by atoms with Gasteiger partial charge in [-0.25, -0.2) is 4.68 Å². The molecule has 0 aliphatic rings. The van der Waals surface area contributed by atoms with Crippen molar-refractivity contribution in [2.75, 3.05) is 5.32 Å². The molecule has 0 unspecified atom stereocenters. The van der Waals surface area contributed by atoms with Crippen LogP contribution in [0.2, 0.25) is 0 Å². The van der Waals surface area contributed by atoms with Crippen LogP contribution < -0.4 is 10.7 Å². The summed E-state index contributed by atoms with van der Waals surface area (Å²) < 4.78 is 2.06. The zero-order valence-corrected chi connectivity index (χ0v) is 15.6. The van der Waals surface area contributed by atoms with Crippen molar-refractivity contribution in [3.8, 4) is 5.69 Å². The summed E-state index contributed by atoms with van der Waals surface area (Å²) in [5.74, 6) is -0.699. The van der Waals surface area contributed by atoms with Crippen LogP contribution in [0.15, 0.2) is 63.9 Å². The van der Waals surface area contributed by atoms with Gasteiger partial charge in [-0.15, -0.1) is 0 Å². The van der Waals surface area contributed by atoms with Crippen molar-refractivity contribution in [2.24, 2.45) is 0 Å². The van der Waals surface area contributed by atoms with E-state index in [1.54, 1.807) is 37.3 Å². The van der Waals surface area contributed by atoms with Crippen LogP contribution >= 0.6 is 15.9 Å². The van der Waals surface area contributed by atoms with Crippen LogP contribution in [0.3, 0.4) is 0 Å². The van der Waals surface area contributed by atoms with E-state index in [4.69, 9.17) is 0 Å². The Morgan fingerprint density at radius 3 is 2.52 bits per heavy atom. The van der Waals surface area contributed by atoms with Gasteiger partial charge in [-0.05, 0) is 37.3 Å². The second kappa shape index (κ2) is 7.50. The number of hydrogen-bond donors (Lipinski definition) is 1. The van der Waals surface area contributed by atoms with Crippen LogP contribution in [-0.2, 0) is 0 Å². The Kier molecular flexibility index (Phi) is 5.13. The number of carbonyl (C=O) groups excluding carboxylic acids is 1. The number of para-hydroxylation sites is 2. The van der Waals surface area contributed by atoms with E-state index in [2.05, 4.69) is 26.3 Å². The Bertz CT molecular complexity index is 1090. The molecule has 1 aromatic heterocycles. The maximum absolute atomic E-state index is 12.5. The standard InChI is InChI=1S/C18H13BrN4O4/c1-11-10-16(24)17(18(25)20-13-8-6-12(19)7-9-13)21-22(11)14-4-2-3-5-15(14)23(26)27/h2-10H,1H3,(H,20,25). The molecule has 9 heteroatoms. The molecule has 0 aliphatic carbocycles. The number of carbonyl (C=O) groups is 1. The Hall–Kier alpha value is -3.33. The normalized spacial score (nSPS) is 10.4. The van der Waals surface area contributed by atoms with Crippen LogP contribution in [0, 0.1) is 17.0 Å². The zero-order valence-electron chi connectivity index (χ0n) is 14.0. The topological polar surface area (TPSA) is 107 Å². The van der Waals surface area contributed by atoms with E-state index in [0.29, 0.717) is 11.4 Å². The summed E-state index contributed by atoms with van der Waals surface area (Å²) in [7, 11) is 0. The Balaban J connectivity index is 2.05. The molecule has 27 heavy (non-hydrogen) atoms. The quantitative estimate of drug-likeness (QED) is 0.505. The SMILES string of the molecule is Cc1cc(=O)c(C(=O)Nc2ccc(Br)cc2)nn1-c1ccccc1[N+](=O)[O-]. The first-order valence-corrected chi connectivity index (χ1v) is 8.58. The van der Waals surface area contributed by atoms with Crippen molar-refractivity contribution in [3.63, 3.8) is 0 Å². The fraction of sp³-hybridized carbons (Fsp3) is 0.0556. The van der Waals surface area contributed by atoms with Gasteiger partial charge in [-0.1, -0.05) is 28.1 Å². The number of nitro benzene ring substituents is 1. The Morgan fingerprint density at radius 1 is 1.19 bits per heavy atom. The number of hydrogen-bond acceptors (Lipinski definition) is 5. The highest BCUT2D eigenvalue weighted by atomic mass is 79.9. The van der Waals surface area contributed by atoms with Crippen molar-refractivity contribution in [2.45, 2.75) is 6.92 Å². The van der Waals surface area contributed by atoms with Gasteiger partial charge in [0.15, 0.2) is 5.69 Å². The smallest absolute Gasteiger partial charge is 0.294 e. The highest BCUT2D eigenvalue weighted by molar-refractivity contribution is 9.10. The number of aryl methyl sites for hydroxylation is 1. The Morgan fingerprint density at radius 2 is 1.85 bits per heavy atom. The van der Waals surface area contributed by atoms with Crippen molar-refractivity contribution in [1.29, 1.82) is 0 Å². The molecule has 0 saturated carbocycles. The molecule has 3 aromatic rings. The van der Waals surface area contributed by atoms with E-state index in [0.717, 1.165) is 4.47 Å². The molecule has 0 spiro atoms. The van der Waals surface area contributed by atoms with Gasteiger partial charge < -0.3 is 5.32 Å². The van der Waals surface area contributed by atoms with Gasteiger partial charge in [0.25, 0.3) is 11.6 Å². The first kappa shape index (κ1) is 18.5. The number of halogens is 1. The van der Waals surface area contributed by atoms with Crippen LogP contribution in [0.4, 0.5) is 11.4 Å². The third-order valence-corrected chi connectivity index (χ3v) is 4.26. The van der Waals surface area contributed by atoms with Crippen LogP contribution in [0.25, 0.3) is 5.69 Å². The maximum Gasteiger partial charge on any atom is 0.294 e. The monoisotopic (exact) mass is 428 g/mol. The number of anilines is 1. The average molecular weight is 429 g/mol. The minimum Gasteiger partial charge on any atom is -0.320 e. The van der Waals surface area contributed by atoms with Gasteiger partial charge in [0.1, 0.15) is 5.69 Å². The lowest BCUT2D eigenvalue weighted by molar-refractivity contribution is -0.384. The first-order valence-electron chi connectivity index (χ1n) is 7.78. The number of nitro groups is 1. The molecular weight excluding hydrogens is 416 g/mol. The molecule has 0 saturated heterocycles. The highest BCUT2D eigenvalue weighted by Crippen LogP contribution is 2.22. The van der Waals surface area contributed by atoms with E-state index in [9.17, 15) is 19.7 Å². The van der Waals surface area contributed by atoms with Crippen molar-refractivity contribution in [1.82, 2.24) is 9.78 Å². The van der Waals surface area contributed by atoms with E-state index in [1.807, 2.05) is 0 Å². The van der Waals surface area contributed by atoms with E-state index in [1.165, 1.54) is 28.9 Å². The fourth-order valence-corrected chi connectivity index (χ4v) is 2.73. The number of nitrogens with zero attached hydrogens (tertiary/aromatic N) is 3. The summed E-state index contributed by atoms with van der Waals surface area (Å²) in [6.07, 6.45) is 0. The van der Waals surface area contributed by atoms with Gasteiger partial charge in [0.05, 0.1) is 4.92 Å². The van der Waals surface area contributed by atoms with E-state index >= 15 is 0 Å². The molecule has 8 nitrogen and oxygen atoms in total. The van der Waals surface area contributed by atoms with Crippen molar-refractivity contribution in [3.05, 3.63) is 90.8 Å². The van der Waals surface area contributed by atoms with Gasteiger partial charge in [-0.2, -0.15) is 5.10 Å². The zero-order chi connectivity index (χ0) is 19.6. The average Bonchev–Trinajstić information content (AvgIpc) is 2.63. The van der Waals surface area contributed by atoms with Gasteiger partial charge in [0.2, 0.25) is 5.43 Å². The van der Waals surface area contributed by atoms with Crippen LogP contribution in [0.1, 0.15) is 16.2 Å². The van der Waals surface area contributed by atoms with Gasteiger partial charge in [-0.3, -0.25) is 19.7 Å². The maximum atomic E-state index is 12.5. The first-order chi connectivity index (χ1) is 12.9. The molecule has 0 atom stereocenters. The summed E-state index contributed by atoms with van der Waals surface area (Å²) in [4.78, 5) is 35.5. The lowest BCUT2D eigenvalue weighted by atomic mass is 10.2. The second-order valence-corrected chi connectivity index (χ2v) is 6.53. The number of rotatable bonds is 4. The molecule has 0 bridgehead atoms. The molecule has 0 radical (unpaired) electrons. The Labute approximate surface area is 161 Å². The van der Waals surface area contributed by atoms with Crippen LogP contribution in [0.5, 0.6) is 0 Å². The molecule has 2 aromatic carbocycles. The van der Waals surface area contributed by atoms with Gasteiger partial charge >= 0.3 is 0 Å². The largest absolute Gasteiger partial charge is 0.320 e. The summed E-state index contributed by atoms with van der Waals surface area (Å²) in [5.41, 5.74) is -0.0935. The van der Waals surface area contributed by atoms with E-state index < -0.39 is 16.3 Å². The summed E-state index contributed by atoms with van der Waals surface area (Å²) in [6, 6.07) is 14.0. The molecule has 0 aliphatic heterocycles. The predicted octanol–water partition coefficient (Wildman–Crippen LogP) is 3.46. The minimum absolute atomic E-state index is 0.165. The number of aromatic nitrogens is 2. The molecule has 1 N–H and O–H groups in total. The summed E-state index contributed by atoms with van der Waals surface area (Å²) in [6.45, 7) is 1.58. The second-order valence-electron chi connectivity index (χ2n) is 5.62. The number of nitrogens with one attached hydrogen (secondary N) is 1. The lowest BCUT2D eigenvalue weighted by Crippen LogP contribution is -2.27. The third-order valence-electron chi connectivity index (χ3n) is 3.73. The summed E-state index contributed by atoms with van der Waals surface area (Å²) in [5, 5.41) is 17.9. The molecule has 136 valence electrons. The molecule has 3 rings (SSSR count). The molecule has 0 fully saturated rings. The predicted molar refractivity (Wildman–Crippen MR) is 103 cm³/mol. The lowest BCUT2D eigenvalue weighted by Gasteiger charge is -2.11. The third kappa shape index (κ3) is 3.93. The molecule has 1 amide bonds. The van der Waals surface area contributed by atoms with Crippen molar-refractivity contribution >= 4 is 33.2 Å². The molecular formula is C18H13BrN4O4. The summed E-state index contributed by atoms with van der Waals surface area (Å²) >= 11 is 3.30. The minimum atomic E-state index is -0.699.